The van der Waals surface area contributed by atoms with E-state index in [1.807, 2.05) is 21.6 Å². The first-order valence-electron chi connectivity index (χ1n) is 9.27. The third-order valence-electron chi connectivity index (χ3n) is 4.86. The molecule has 3 aromatic rings. The van der Waals surface area contributed by atoms with E-state index in [-0.39, 0.29) is 11.9 Å². The van der Waals surface area contributed by atoms with E-state index in [1.54, 1.807) is 17.7 Å². The zero-order valence-corrected chi connectivity index (χ0v) is 17.2. The number of likely N-dealkylation sites (tertiary alicyclic amines) is 1. The molecule has 6 nitrogen and oxygen atoms in total. The second-order valence-corrected chi connectivity index (χ2v) is 9.11. The number of para-hydroxylation sites is 1. The minimum absolute atomic E-state index is 0.170. The van der Waals surface area contributed by atoms with Crippen molar-refractivity contribution in [1.29, 1.82) is 0 Å². The SMILES string of the molecule is CC(C)n1cnnc1SCC(=O)N1CCC[C@H](c2nc3ccccc3s2)C1. The van der Waals surface area contributed by atoms with E-state index in [0.717, 1.165) is 41.6 Å². The van der Waals surface area contributed by atoms with Crippen LogP contribution in [-0.4, -0.2) is 49.4 Å². The Balaban J connectivity index is 1.40. The zero-order valence-electron chi connectivity index (χ0n) is 15.5. The summed E-state index contributed by atoms with van der Waals surface area (Å²) >= 11 is 3.23. The molecule has 8 heteroatoms. The normalized spacial score (nSPS) is 17.7. The molecule has 1 aromatic carbocycles. The molecule has 1 saturated heterocycles. The summed E-state index contributed by atoms with van der Waals surface area (Å²) in [5, 5.41) is 10.1. The van der Waals surface area contributed by atoms with Gasteiger partial charge in [-0.25, -0.2) is 4.98 Å². The van der Waals surface area contributed by atoms with Crippen LogP contribution in [0.15, 0.2) is 35.7 Å². The molecular weight excluding hydrogens is 378 g/mol. The molecule has 0 saturated carbocycles. The lowest BCUT2D eigenvalue weighted by molar-refractivity contribution is -0.129. The van der Waals surface area contributed by atoms with Crippen molar-refractivity contribution in [3.05, 3.63) is 35.6 Å². The third kappa shape index (κ3) is 4.01. The van der Waals surface area contributed by atoms with E-state index in [1.165, 1.54) is 16.5 Å². The maximum absolute atomic E-state index is 12.8. The standard InChI is InChI=1S/C19H23N5OS2/c1-13(2)24-12-20-22-19(24)26-11-17(25)23-9-5-6-14(10-23)18-21-15-7-3-4-8-16(15)27-18/h3-4,7-8,12-14H,5-6,9-11H2,1-2H3/t14-/m0/s1. The fraction of sp³-hybridized carbons (Fsp3) is 0.474. The minimum Gasteiger partial charge on any atom is -0.341 e. The largest absolute Gasteiger partial charge is 0.341 e. The van der Waals surface area contributed by atoms with Crippen LogP contribution < -0.4 is 0 Å². The van der Waals surface area contributed by atoms with Crippen LogP contribution in [0.1, 0.15) is 43.7 Å². The monoisotopic (exact) mass is 401 g/mol. The maximum atomic E-state index is 12.8. The van der Waals surface area contributed by atoms with Crippen molar-refractivity contribution < 1.29 is 4.79 Å². The van der Waals surface area contributed by atoms with Gasteiger partial charge in [-0.1, -0.05) is 23.9 Å². The molecule has 0 bridgehead atoms. The number of aromatic nitrogens is 4. The van der Waals surface area contributed by atoms with Crippen molar-refractivity contribution >= 4 is 39.2 Å². The van der Waals surface area contributed by atoms with Gasteiger partial charge in [0.15, 0.2) is 5.16 Å². The van der Waals surface area contributed by atoms with E-state index in [0.29, 0.717) is 11.7 Å². The molecule has 0 spiro atoms. The molecule has 0 unspecified atom stereocenters. The molecule has 27 heavy (non-hydrogen) atoms. The topological polar surface area (TPSA) is 63.9 Å². The highest BCUT2D eigenvalue weighted by molar-refractivity contribution is 7.99. The maximum Gasteiger partial charge on any atom is 0.233 e. The molecule has 1 aliphatic heterocycles. The van der Waals surface area contributed by atoms with E-state index < -0.39 is 0 Å². The average molecular weight is 402 g/mol. The summed E-state index contributed by atoms with van der Waals surface area (Å²) in [4.78, 5) is 19.5. The smallest absolute Gasteiger partial charge is 0.233 e. The van der Waals surface area contributed by atoms with Crippen LogP contribution in [0.5, 0.6) is 0 Å². The van der Waals surface area contributed by atoms with Gasteiger partial charge in [0, 0.05) is 25.0 Å². The van der Waals surface area contributed by atoms with Crippen LogP contribution in [0.4, 0.5) is 0 Å². The summed E-state index contributed by atoms with van der Waals surface area (Å²) in [7, 11) is 0. The van der Waals surface area contributed by atoms with Gasteiger partial charge in [0.25, 0.3) is 0 Å². The van der Waals surface area contributed by atoms with Crippen LogP contribution in [0.25, 0.3) is 10.2 Å². The number of thioether (sulfide) groups is 1. The van der Waals surface area contributed by atoms with Crippen LogP contribution in [0.3, 0.4) is 0 Å². The first kappa shape index (κ1) is 18.4. The molecule has 4 rings (SSSR count). The predicted molar refractivity (Wildman–Crippen MR) is 109 cm³/mol. The first-order chi connectivity index (χ1) is 13.1. The fourth-order valence-corrected chi connectivity index (χ4v) is 5.42. The Morgan fingerprint density at radius 1 is 1.37 bits per heavy atom. The number of nitrogens with zero attached hydrogens (tertiary/aromatic N) is 5. The second-order valence-electron chi connectivity index (χ2n) is 7.10. The Bertz CT molecular complexity index is 902. The Morgan fingerprint density at radius 2 is 2.22 bits per heavy atom. The molecule has 0 aliphatic carbocycles. The summed E-state index contributed by atoms with van der Waals surface area (Å²) in [6, 6.07) is 8.53. The Kier molecular flexibility index (Phi) is 5.45. The summed E-state index contributed by atoms with van der Waals surface area (Å²) in [5.41, 5.74) is 1.06. The number of hydrogen-bond acceptors (Lipinski definition) is 6. The molecule has 0 radical (unpaired) electrons. The quantitative estimate of drug-likeness (QED) is 0.606. The van der Waals surface area contributed by atoms with E-state index in [2.05, 4.69) is 36.2 Å². The van der Waals surface area contributed by atoms with Crippen LogP contribution in [-0.2, 0) is 4.79 Å². The number of carbonyl (C=O) groups excluding carboxylic acids is 1. The molecule has 2 aromatic heterocycles. The number of thiazole rings is 1. The number of piperidine rings is 1. The Hall–Kier alpha value is -1.93. The number of benzene rings is 1. The van der Waals surface area contributed by atoms with Gasteiger partial charge in [-0.3, -0.25) is 4.79 Å². The van der Waals surface area contributed by atoms with E-state index >= 15 is 0 Å². The van der Waals surface area contributed by atoms with Gasteiger partial charge >= 0.3 is 0 Å². The highest BCUT2D eigenvalue weighted by atomic mass is 32.2. The number of rotatable bonds is 5. The minimum atomic E-state index is 0.170. The van der Waals surface area contributed by atoms with Crippen molar-refractivity contribution in [3.63, 3.8) is 0 Å². The van der Waals surface area contributed by atoms with E-state index in [4.69, 9.17) is 4.98 Å². The molecule has 3 heterocycles. The van der Waals surface area contributed by atoms with Crippen molar-refractivity contribution in [2.45, 2.75) is 43.8 Å². The lowest BCUT2D eigenvalue weighted by atomic mass is 9.99. The summed E-state index contributed by atoms with van der Waals surface area (Å²) in [5.74, 6) is 0.909. The zero-order chi connectivity index (χ0) is 18.8. The summed E-state index contributed by atoms with van der Waals surface area (Å²) < 4.78 is 3.22. The predicted octanol–water partition coefficient (Wildman–Crippen LogP) is 3.97. The number of fused-ring (bicyclic) bond motifs is 1. The molecule has 1 aliphatic rings. The number of carbonyl (C=O) groups is 1. The third-order valence-corrected chi connectivity index (χ3v) is 7.00. The van der Waals surface area contributed by atoms with Gasteiger partial charge in [0.05, 0.1) is 21.0 Å². The molecule has 0 N–H and O–H groups in total. The first-order valence-corrected chi connectivity index (χ1v) is 11.1. The van der Waals surface area contributed by atoms with Gasteiger partial charge in [0.2, 0.25) is 5.91 Å². The van der Waals surface area contributed by atoms with Crippen LogP contribution in [0, 0.1) is 0 Å². The van der Waals surface area contributed by atoms with Gasteiger partial charge in [-0.15, -0.1) is 21.5 Å². The van der Waals surface area contributed by atoms with Crippen LogP contribution in [0.2, 0.25) is 0 Å². The van der Waals surface area contributed by atoms with Crippen LogP contribution >= 0.6 is 23.1 Å². The van der Waals surface area contributed by atoms with Crippen molar-refractivity contribution in [2.24, 2.45) is 0 Å². The number of hydrogen-bond donors (Lipinski definition) is 0. The highest BCUT2D eigenvalue weighted by Crippen LogP contribution is 2.33. The van der Waals surface area contributed by atoms with Gasteiger partial charge in [0.1, 0.15) is 6.33 Å². The lowest BCUT2D eigenvalue weighted by Gasteiger charge is -2.31. The molecule has 1 atom stereocenters. The van der Waals surface area contributed by atoms with Gasteiger partial charge in [-0.05, 0) is 38.8 Å². The molecular formula is C19H23N5OS2. The van der Waals surface area contributed by atoms with Crippen molar-refractivity contribution in [2.75, 3.05) is 18.8 Å². The van der Waals surface area contributed by atoms with Crippen molar-refractivity contribution in [1.82, 2.24) is 24.6 Å². The van der Waals surface area contributed by atoms with Gasteiger partial charge < -0.3 is 9.47 Å². The average Bonchev–Trinajstić information content (AvgIpc) is 3.33. The Labute approximate surface area is 167 Å². The molecule has 142 valence electrons. The lowest BCUT2D eigenvalue weighted by Crippen LogP contribution is -2.40. The summed E-state index contributed by atoms with van der Waals surface area (Å²) in [6.45, 7) is 5.76. The fourth-order valence-electron chi connectivity index (χ4n) is 3.38. The second kappa shape index (κ2) is 7.98. The number of amides is 1. The molecule has 1 amide bonds. The molecule has 1 fully saturated rings. The highest BCUT2D eigenvalue weighted by Gasteiger charge is 2.27. The Morgan fingerprint density at radius 3 is 3.04 bits per heavy atom. The summed E-state index contributed by atoms with van der Waals surface area (Å²) in [6.07, 6.45) is 3.85. The van der Waals surface area contributed by atoms with Gasteiger partial charge in [-0.2, -0.15) is 0 Å². The van der Waals surface area contributed by atoms with E-state index in [9.17, 15) is 4.79 Å². The van der Waals surface area contributed by atoms with Crippen molar-refractivity contribution in [3.8, 4) is 0 Å².